The Bertz CT molecular complexity index is 348. The van der Waals surface area contributed by atoms with Crippen LogP contribution in [0.1, 0.15) is 79.1 Å². The molecule has 0 spiro atoms. The van der Waals surface area contributed by atoms with E-state index >= 15 is 0 Å². The molecule has 1 aliphatic carbocycles. The summed E-state index contributed by atoms with van der Waals surface area (Å²) in [5.74, 6) is -0.802. The third kappa shape index (κ3) is 4.71. The Morgan fingerprint density at radius 3 is 1.74 bits per heavy atom. The van der Waals surface area contributed by atoms with Crippen LogP contribution in [0.3, 0.4) is 0 Å². The van der Waals surface area contributed by atoms with Crippen LogP contribution < -0.4 is 0 Å². The summed E-state index contributed by atoms with van der Waals surface area (Å²) in [6.07, 6.45) is 7.55. The maximum Gasteiger partial charge on any atom is 0.324 e. The standard InChI is InChI=1S/C19H34O4/c1-5-7-13-22-17(20)19(15(3)4,16-11-9-10-12-16)18(21)23-14-8-6-2/h15-16H,5-14H2,1-4H3. The summed E-state index contributed by atoms with van der Waals surface area (Å²) < 4.78 is 11.0. The molecule has 0 atom stereocenters. The fraction of sp³-hybridized carbons (Fsp3) is 0.895. The molecule has 1 rings (SSSR count). The lowest BCUT2D eigenvalue weighted by molar-refractivity contribution is -0.182. The van der Waals surface area contributed by atoms with Gasteiger partial charge in [0.1, 0.15) is 0 Å². The maximum atomic E-state index is 12.9. The van der Waals surface area contributed by atoms with E-state index in [4.69, 9.17) is 9.47 Å². The molecule has 0 radical (unpaired) electrons. The van der Waals surface area contributed by atoms with E-state index in [1.54, 1.807) is 0 Å². The molecule has 1 aliphatic rings. The molecule has 1 saturated carbocycles. The molecular weight excluding hydrogens is 292 g/mol. The molecule has 0 unspecified atom stereocenters. The number of unbranched alkanes of at least 4 members (excludes halogenated alkanes) is 2. The number of rotatable bonds is 10. The minimum absolute atomic E-state index is 0.0470. The second kappa shape index (κ2) is 9.94. The lowest BCUT2D eigenvalue weighted by Gasteiger charge is -2.37. The Kier molecular flexibility index (Phi) is 8.64. The van der Waals surface area contributed by atoms with Crippen LogP contribution in [0.2, 0.25) is 0 Å². The van der Waals surface area contributed by atoms with Gasteiger partial charge in [0.2, 0.25) is 0 Å². The van der Waals surface area contributed by atoms with E-state index in [0.717, 1.165) is 51.4 Å². The molecule has 23 heavy (non-hydrogen) atoms. The molecule has 0 saturated heterocycles. The Labute approximate surface area is 141 Å². The van der Waals surface area contributed by atoms with Gasteiger partial charge in [0.15, 0.2) is 5.41 Å². The number of ether oxygens (including phenoxy) is 2. The number of hydrogen-bond donors (Lipinski definition) is 0. The smallest absolute Gasteiger partial charge is 0.324 e. The molecule has 4 heteroatoms. The predicted molar refractivity (Wildman–Crippen MR) is 91.0 cm³/mol. The molecule has 0 aromatic heterocycles. The predicted octanol–water partition coefficient (Wildman–Crippen LogP) is 4.51. The van der Waals surface area contributed by atoms with Gasteiger partial charge in [-0.15, -0.1) is 0 Å². The van der Waals surface area contributed by atoms with E-state index < -0.39 is 5.41 Å². The summed E-state index contributed by atoms with van der Waals surface area (Å²) >= 11 is 0. The first-order valence-electron chi connectivity index (χ1n) is 9.36. The summed E-state index contributed by atoms with van der Waals surface area (Å²) in [7, 11) is 0. The largest absolute Gasteiger partial charge is 0.465 e. The van der Waals surface area contributed by atoms with E-state index in [1.807, 2.05) is 13.8 Å². The van der Waals surface area contributed by atoms with Gasteiger partial charge in [-0.2, -0.15) is 0 Å². The zero-order valence-electron chi connectivity index (χ0n) is 15.4. The van der Waals surface area contributed by atoms with E-state index in [2.05, 4.69) is 13.8 Å². The van der Waals surface area contributed by atoms with Gasteiger partial charge in [-0.1, -0.05) is 53.4 Å². The average Bonchev–Trinajstić information content (AvgIpc) is 3.02. The van der Waals surface area contributed by atoms with E-state index in [9.17, 15) is 9.59 Å². The van der Waals surface area contributed by atoms with Gasteiger partial charge < -0.3 is 9.47 Å². The van der Waals surface area contributed by atoms with Crippen LogP contribution in [-0.4, -0.2) is 25.2 Å². The van der Waals surface area contributed by atoms with Gasteiger partial charge in [-0.3, -0.25) is 9.59 Å². The third-order valence-corrected chi connectivity index (χ3v) is 5.05. The van der Waals surface area contributed by atoms with E-state index in [1.165, 1.54) is 0 Å². The van der Waals surface area contributed by atoms with Gasteiger partial charge in [0.05, 0.1) is 13.2 Å². The highest BCUT2D eigenvalue weighted by Crippen LogP contribution is 2.47. The molecule has 134 valence electrons. The molecule has 4 nitrogen and oxygen atoms in total. The van der Waals surface area contributed by atoms with Crippen molar-refractivity contribution in [2.75, 3.05) is 13.2 Å². The van der Waals surface area contributed by atoms with Crippen molar-refractivity contribution in [3.05, 3.63) is 0 Å². The van der Waals surface area contributed by atoms with Crippen LogP contribution in [0, 0.1) is 17.3 Å². The van der Waals surface area contributed by atoms with Crippen molar-refractivity contribution in [1.82, 2.24) is 0 Å². The molecule has 0 aliphatic heterocycles. The Morgan fingerprint density at radius 1 is 0.957 bits per heavy atom. The second-order valence-electron chi connectivity index (χ2n) is 6.98. The van der Waals surface area contributed by atoms with Gasteiger partial charge in [0.25, 0.3) is 0 Å². The lowest BCUT2D eigenvalue weighted by Crippen LogP contribution is -2.51. The van der Waals surface area contributed by atoms with Crippen molar-refractivity contribution < 1.29 is 19.1 Å². The molecule has 0 heterocycles. The van der Waals surface area contributed by atoms with Crippen molar-refractivity contribution in [2.24, 2.45) is 17.3 Å². The summed E-state index contributed by atoms with van der Waals surface area (Å²) in [6, 6.07) is 0. The zero-order chi connectivity index (χ0) is 17.3. The minimum atomic E-state index is -1.13. The van der Waals surface area contributed by atoms with Crippen molar-refractivity contribution >= 4 is 11.9 Å². The summed E-state index contributed by atoms with van der Waals surface area (Å²) in [6.45, 7) is 8.78. The number of hydrogen-bond acceptors (Lipinski definition) is 4. The molecule has 1 fully saturated rings. The lowest BCUT2D eigenvalue weighted by atomic mass is 9.66. The molecule has 0 bridgehead atoms. The molecule has 0 amide bonds. The van der Waals surface area contributed by atoms with E-state index in [-0.39, 0.29) is 23.8 Å². The number of carbonyl (C=O) groups is 2. The Balaban J connectivity index is 2.99. The highest BCUT2D eigenvalue weighted by molar-refractivity contribution is 6.00. The third-order valence-electron chi connectivity index (χ3n) is 5.05. The number of carbonyl (C=O) groups excluding carboxylic acids is 2. The average molecular weight is 326 g/mol. The molecular formula is C19H34O4. The topological polar surface area (TPSA) is 52.6 Å². The van der Waals surface area contributed by atoms with Gasteiger partial charge in [-0.25, -0.2) is 0 Å². The fourth-order valence-corrected chi connectivity index (χ4v) is 3.60. The molecule has 0 aromatic carbocycles. The second-order valence-corrected chi connectivity index (χ2v) is 6.98. The summed E-state index contributed by atoms with van der Waals surface area (Å²) in [4.78, 5) is 25.8. The van der Waals surface area contributed by atoms with Gasteiger partial charge in [0, 0.05) is 0 Å². The first kappa shape index (κ1) is 20.0. The van der Waals surface area contributed by atoms with Crippen LogP contribution >= 0.6 is 0 Å². The highest BCUT2D eigenvalue weighted by atomic mass is 16.6. The molecule has 0 N–H and O–H groups in total. The monoisotopic (exact) mass is 326 g/mol. The van der Waals surface area contributed by atoms with Crippen LogP contribution in [0.4, 0.5) is 0 Å². The summed E-state index contributed by atoms with van der Waals surface area (Å²) in [5, 5.41) is 0. The minimum Gasteiger partial charge on any atom is -0.465 e. The summed E-state index contributed by atoms with van der Waals surface area (Å²) in [5.41, 5.74) is -1.13. The van der Waals surface area contributed by atoms with Gasteiger partial charge >= 0.3 is 11.9 Å². The first-order valence-corrected chi connectivity index (χ1v) is 9.36. The van der Waals surface area contributed by atoms with Crippen LogP contribution in [0.5, 0.6) is 0 Å². The van der Waals surface area contributed by atoms with Crippen LogP contribution in [0.15, 0.2) is 0 Å². The van der Waals surface area contributed by atoms with Gasteiger partial charge in [-0.05, 0) is 37.5 Å². The normalized spacial score (nSPS) is 15.9. The highest BCUT2D eigenvalue weighted by Gasteiger charge is 2.57. The number of esters is 2. The van der Waals surface area contributed by atoms with Crippen LogP contribution in [-0.2, 0) is 19.1 Å². The Morgan fingerprint density at radius 2 is 1.39 bits per heavy atom. The quantitative estimate of drug-likeness (QED) is 0.337. The SMILES string of the molecule is CCCCOC(=O)C(C(=O)OCCCC)(C(C)C)C1CCCC1. The van der Waals surface area contributed by atoms with Crippen molar-refractivity contribution in [3.63, 3.8) is 0 Å². The van der Waals surface area contributed by atoms with E-state index in [0.29, 0.717) is 13.2 Å². The first-order chi connectivity index (χ1) is 11.0. The maximum absolute atomic E-state index is 12.9. The molecule has 0 aromatic rings. The fourth-order valence-electron chi connectivity index (χ4n) is 3.60. The Hall–Kier alpha value is -1.06. The zero-order valence-corrected chi connectivity index (χ0v) is 15.4. The van der Waals surface area contributed by atoms with Crippen LogP contribution in [0.25, 0.3) is 0 Å². The van der Waals surface area contributed by atoms with Crippen molar-refractivity contribution in [3.8, 4) is 0 Å². The van der Waals surface area contributed by atoms with Crippen molar-refractivity contribution in [1.29, 1.82) is 0 Å². The van der Waals surface area contributed by atoms with Crippen molar-refractivity contribution in [2.45, 2.75) is 79.1 Å².